The number of hydrogen-bond donors (Lipinski definition) is 0. The minimum atomic E-state index is -0.589. The van der Waals surface area contributed by atoms with Crippen LogP contribution in [0.5, 0.6) is 5.88 Å². The average molecular weight is 389 g/mol. The van der Waals surface area contributed by atoms with E-state index in [-0.39, 0.29) is 37.5 Å². The number of ether oxygens (including phenoxy) is 2. The second kappa shape index (κ2) is 8.39. The zero-order valence-corrected chi connectivity index (χ0v) is 16.0. The molecule has 0 aliphatic carbocycles. The van der Waals surface area contributed by atoms with E-state index in [1.54, 1.807) is 24.4 Å². The van der Waals surface area contributed by atoms with Gasteiger partial charge in [0.2, 0.25) is 11.8 Å². The highest BCUT2D eigenvalue weighted by Gasteiger charge is 2.31. The number of amides is 2. The first-order valence-corrected chi connectivity index (χ1v) is 9.17. The van der Waals surface area contributed by atoms with E-state index in [2.05, 4.69) is 4.98 Å². The lowest BCUT2D eigenvalue weighted by molar-refractivity contribution is -0.127. The van der Waals surface area contributed by atoms with Gasteiger partial charge in [-0.05, 0) is 37.1 Å². The van der Waals surface area contributed by atoms with Crippen molar-refractivity contribution in [2.45, 2.75) is 32.3 Å². The fourth-order valence-corrected chi connectivity index (χ4v) is 3.06. The molecule has 27 heavy (non-hydrogen) atoms. The van der Waals surface area contributed by atoms with Crippen molar-refractivity contribution in [3.05, 3.63) is 58.7 Å². The zero-order chi connectivity index (χ0) is 19.4. The van der Waals surface area contributed by atoms with Gasteiger partial charge in [0, 0.05) is 29.6 Å². The Morgan fingerprint density at radius 3 is 2.48 bits per heavy atom. The van der Waals surface area contributed by atoms with Gasteiger partial charge in [-0.15, -0.1) is 0 Å². The SMILES string of the molecule is CC(C)Oc1ccc([C@@H](CC(=O)N2CCOC2=O)c2ccc(Cl)cc2)cn1. The van der Waals surface area contributed by atoms with Crippen molar-refractivity contribution >= 4 is 23.6 Å². The maximum atomic E-state index is 12.6. The van der Waals surface area contributed by atoms with Crippen molar-refractivity contribution in [2.24, 2.45) is 0 Å². The number of rotatable bonds is 6. The Morgan fingerprint density at radius 2 is 1.93 bits per heavy atom. The Kier molecular flexibility index (Phi) is 5.96. The number of benzene rings is 1. The summed E-state index contributed by atoms with van der Waals surface area (Å²) in [6.07, 6.45) is 1.27. The lowest BCUT2D eigenvalue weighted by Gasteiger charge is -2.20. The van der Waals surface area contributed by atoms with Crippen molar-refractivity contribution in [1.29, 1.82) is 0 Å². The maximum absolute atomic E-state index is 12.6. The molecule has 1 aliphatic rings. The molecule has 1 aliphatic heterocycles. The molecule has 2 aromatic rings. The number of halogens is 1. The van der Waals surface area contributed by atoms with E-state index in [1.165, 1.54) is 0 Å². The molecule has 1 aromatic heterocycles. The number of hydrogen-bond acceptors (Lipinski definition) is 5. The van der Waals surface area contributed by atoms with Crippen molar-refractivity contribution in [3.63, 3.8) is 0 Å². The summed E-state index contributed by atoms with van der Waals surface area (Å²) in [5.41, 5.74) is 1.77. The van der Waals surface area contributed by atoms with Gasteiger partial charge in [-0.1, -0.05) is 29.8 Å². The minimum absolute atomic E-state index is 0.0261. The lowest BCUT2D eigenvalue weighted by Crippen LogP contribution is -2.32. The van der Waals surface area contributed by atoms with Crippen LogP contribution >= 0.6 is 11.6 Å². The van der Waals surface area contributed by atoms with E-state index in [0.717, 1.165) is 16.0 Å². The van der Waals surface area contributed by atoms with Crippen LogP contribution in [0.1, 0.15) is 37.3 Å². The summed E-state index contributed by atoms with van der Waals surface area (Å²) in [5, 5.41) is 0.616. The van der Waals surface area contributed by atoms with Gasteiger partial charge in [-0.2, -0.15) is 0 Å². The first-order valence-electron chi connectivity index (χ1n) is 8.79. The van der Waals surface area contributed by atoms with Gasteiger partial charge in [0.05, 0.1) is 12.6 Å². The number of nitrogens with zero attached hydrogens (tertiary/aromatic N) is 2. The molecule has 6 nitrogen and oxygen atoms in total. The van der Waals surface area contributed by atoms with E-state index < -0.39 is 6.09 Å². The fourth-order valence-electron chi connectivity index (χ4n) is 2.94. The number of cyclic esters (lactones) is 1. The van der Waals surface area contributed by atoms with Gasteiger partial charge in [0.15, 0.2) is 0 Å². The summed E-state index contributed by atoms with van der Waals surface area (Å²) in [5.74, 6) is -0.0122. The molecule has 7 heteroatoms. The van der Waals surface area contributed by atoms with E-state index in [4.69, 9.17) is 21.1 Å². The van der Waals surface area contributed by atoms with Crippen LogP contribution in [0.3, 0.4) is 0 Å². The van der Waals surface area contributed by atoms with E-state index in [9.17, 15) is 9.59 Å². The maximum Gasteiger partial charge on any atom is 0.416 e. The van der Waals surface area contributed by atoms with E-state index >= 15 is 0 Å². The summed E-state index contributed by atoms with van der Waals surface area (Å²) in [7, 11) is 0. The van der Waals surface area contributed by atoms with Gasteiger partial charge < -0.3 is 9.47 Å². The Hall–Kier alpha value is -2.60. The highest BCUT2D eigenvalue weighted by molar-refractivity contribution is 6.30. The molecular formula is C20H21ClN2O4. The van der Waals surface area contributed by atoms with Crippen LogP contribution in [0, 0.1) is 0 Å². The lowest BCUT2D eigenvalue weighted by atomic mass is 9.89. The molecule has 142 valence electrons. The van der Waals surface area contributed by atoms with Gasteiger partial charge in [-0.25, -0.2) is 14.7 Å². The number of pyridine rings is 1. The Balaban J connectivity index is 1.86. The molecular weight excluding hydrogens is 368 g/mol. The largest absolute Gasteiger partial charge is 0.475 e. The minimum Gasteiger partial charge on any atom is -0.475 e. The molecule has 0 spiro atoms. The normalized spacial score (nSPS) is 15.0. The Labute approximate surface area is 163 Å². The van der Waals surface area contributed by atoms with Crippen molar-refractivity contribution in [2.75, 3.05) is 13.2 Å². The van der Waals surface area contributed by atoms with Crippen LogP contribution in [0.25, 0.3) is 0 Å². The summed E-state index contributed by atoms with van der Waals surface area (Å²) in [6.45, 7) is 4.38. The van der Waals surface area contributed by atoms with Crippen molar-refractivity contribution in [1.82, 2.24) is 9.88 Å². The molecule has 0 unspecified atom stereocenters. The topological polar surface area (TPSA) is 68.7 Å². The van der Waals surface area contributed by atoms with Crippen molar-refractivity contribution in [3.8, 4) is 5.88 Å². The van der Waals surface area contributed by atoms with E-state index in [1.807, 2.05) is 32.0 Å². The van der Waals surface area contributed by atoms with Crippen molar-refractivity contribution < 1.29 is 19.1 Å². The number of aromatic nitrogens is 1. The molecule has 2 heterocycles. The molecule has 1 saturated heterocycles. The molecule has 1 aromatic carbocycles. The molecule has 0 N–H and O–H groups in total. The first-order chi connectivity index (χ1) is 12.9. The Morgan fingerprint density at radius 1 is 1.22 bits per heavy atom. The second-order valence-electron chi connectivity index (χ2n) is 6.56. The third kappa shape index (κ3) is 4.77. The van der Waals surface area contributed by atoms with Crippen LogP contribution in [0.15, 0.2) is 42.6 Å². The fraction of sp³-hybridized carbons (Fsp3) is 0.350. The number of carbonyl (C=O) groups is 2. The third-order valence-electron chi connectivity index (χ3n) is 4.23. The van der Waals surface area contributed by atoms with Gasteiger partial charge >= 0.3 is 6.09 Å². The van der Waals surface area contributed by atoms with Crippen LogP contribution in [0.4, 0.5) is 4.79 Å². The number of imide groups is 1. The van der Waals surface area contributed by atoms with Crippen LogP contribution < -0.4 is 4.74 Å². The smallest absolute Gasteiger partial charge is 0.416 e. The predicted molar refractivity (Wildman–Crippen MR) is 101 cm³/mol. The van der Waals surface area contributed by atoms with Gasteiger partial charge in [-0.3, -0.25) is 4.79 Å². The quantitative estimate of drug-likeness (QED) is 0.747. The third-order valence-corrected chi connectivity index (χ3v) is 4.48. The highest BCUT2D eigenvalue weighted by Crippen LogP contribution is 2.30. The Bertz CT molecular complexity index is 806. The summed E-state index contributed by atoms with van der Waals surface area (Å²) in [6, 6.07) is 11.0. The molecule has 0 bridgehead atoms. The summed E-state index contributed by atoms with van der Waals surface area (Å²) in [4.78, 5) is 29.8. The van der Waals surface area contributed by atoms with Crippen LogP contribution in [-0.2, 0) is 9.53 Å². The standard InChI is InChI=1S/C20H21ClN2O4/c1-13(2)27-18-8-5-15(12-22-18)17(14-3-6-16(21)7-4-14)11-19(24)23-9-10-26-20(23)25/h3-8,12-13,17H,9-11H2,1-2H3/t17-/m0/s1. The van der Waals surface area contributed by atoms with Gasteiger partial charge in [0.1, 0.15) is 6.61 Å². The van der Waals surface area contributed by atoms with Gasteiger partial charge in [0.25, 0.3) is 0 Å². The zero-order valence-electron chi connectivity index (χ0n) is 15.2. The monoisotopic (exact) mass is 388 g/mol. The molecule has 1 fully saturated rings. The summed E-state index contributed by atoms with van der Waals surface area (Å²) >= 11 is 5.99. The predicted octanol–water partition coefficient (Wildman–Crippen LogP) is 4.02. The summed E-state index contributed by atoms with van der Waals surface area (Å²) < 4.78 is 10.4. The molecule has 2 amide bonds. The van der Waals surface area contributed by atoms with Crippen LogP contribution in [-0.4, -0.2) is 41.1 Å². The molecule has 0 radical (unpaired) electrons. The number of carbonyl (C=O) groups excluding carboxylic acids is 2. The van der Waals surface area contributed by atoms with Crippen LogP contribution in [0.2, 0.25) is 5.02 Å². The first kappa shape index (κ1) is 19.2. The second-order valence-corrected chi connectivity index (χ2v) is 7.00. The molecule has 1 atom stereocenters. The average Bonchev–Trinajstić information content (AvgIpc) is 3.07. The highest BCUT2D eigenvalue weighted by atomic mass is 35.5. The molecule has 0 saturated carbocycles. The van der Waals surface area contributed by atoms with E-state index in [0.29, 0.717) is 10.9 Å². The molecule has 3 rings (SSSR count).